The standard InChI is InChI=1S/C15H18N2O2/c1-11(18)15-13-7-2-3-8-14(13)17(16-15)10-12-6-4-5-9-19-12/h2-3,7-8,12H,4-6,9-10H2,1H3. The Morgan fingerprint density at radius 3 is 3.00 bits per heavy atom. The Morgan fingerprint density at radius 2 is 2.26 bits per heavy atom. The molecule has 0 aliphatic carbocycles. The lowest BCUT2D eigenvalue weighted by atomic mass is 10.1. The van der Waals surface area contributed by atoms with Gasteiger partial charge in [0.05, 0.1) is 18.2 Å². The first-order valence-corrected chi connectivity index (χ1v) is 6.84. The molecule has 0 N–H and O–H groups in total. The van der Waals surface area contributed by atoms with E-state index in [0.29, 0.717) is 5.69 Å². The highest BCUT2D eigenvalue weighted by molar-refractivity contribution is 6.04. The first-order valence-electron chi connectivity index (χ1n) is 6.84. The summed E-state index contributed by atoms with van der Waals surface area (Å²) in [6, 6.07) is 7.89. The summed E-state index contributed by atoms with van der Waals surface area (Å²) >= 11 is 0. The molecule has 1 unspecified atom stereocenters. The van der Waals surface area contributed by atoms with Gasteiger partial charge in [0.1, 0.15) is 5.69 Å². The van der Waals surface area contributed by atoms with Gasteiger partial charge in [-0.15, -0.1) is 0 Å². The van der Waals surface area contributed by atoms with Crippen LogP contribution in [0.3, 0.4) is 0 Å². The number of hydrogen-bond acceptors (Lipinski definition) is 3. The number of Topliss-reactive ketones (excluding diaryl/α,β-unsaturated/α-hetero) is 1. The largest absolute Gasteiger partial charge is 0.376 e. The van der Waals surface area contributed by atoms with E-state index in [4.69, 9.17) is 4.74 Å². The van der Waals surface area contributed by atoms with Crippen molar-refractivity contribution in [2.24, 2.45) is 0 Å². The summed E-state index contributed by atoms with van der Waals surface area (Å²) in [5.74, 6) is 0.0134. The van der Waals surface area contributed by atoms with E-state index in [1.807, 2.05) is 28.9 Å². The number of fused-ring (bicyclic) bond motifs is 1. The van der Waals surface area contributed by atoms with Crippen molar-refractivity contribution in [1.29, 1.82) is 0 Å². The summed E-state index contributed by atoms with van der Waals surface area (Å²) in [5.41, 5.74) is 1.58. The normalized spacial score (nSPS) is 19.7. The van der Waals surface area contributed by atoms with Crippen molar-refractivity contribution in [3.63, 3.8) is 0 Å². The quantitative estimate of drug-likeness (QED) is 0.795. The van der Waals surface area contributed by atoms with E-state index < -0.39 is 0 Å². The molecule has 1 aromatic heterocycles. The maximum Gasteiger partial charge on any atom is 0.180 e. The Morgan fingerprint density at radius 1 is 1.42 bits per heavy atom. The molecule has 0 spiro atoms. The van der Waals surface area contributed by atoms with Crippen LogP contribution in [0.5, 0.6) is 0 Å². The topological polar surface area (TPSA) is 44.1 Å². The monoisotopic (exact) mass is 258 g/mol. The van der Waals surface area contributed by atoms with Crippen molar-refractivity contribution < 1.29 is 9.53 Å². The minimum absolute atomic E-state index is 0.0134. The number of benzene rings is 1. The Bertz CT molecular complexity index is 597. The fourth-order valence-electron chi connectivity index (χ4n) is 2.67. The molecule has 0 radical (unpaired) electrons. The number of nitrogens with zero attached hydrogens (tertiary/aromatic N) is 2. The Kier molecular flexibility index (Phi) is 3.34. The van der Waals surface area contributed by atoms with Crippen molar-refractivity contribution >= 4 is 16.7 Å². The molecule has 100 valence electrons. The van der Waals surface area contributed by atoms with E-state index in [0.717, 1.165) is 36.9 Å². The van der Waals surface area contributed by atoms with E-state index in [2.05, 4.69) is 5.10 Å². The number of hydrogen-bond donors (Lipinski definition) is 0. The molecule has 1 aliphatic heterocycles. The Balaban J connectivity index is 1.96. The molecular weight excluding hydrogens is 240 g/mol. The second-order valence-electron chi connectivity index (χ2n) is 5.09. The number of ether oxygens (including phenoxy) is 1. The van der Waals surface area contributed by atoms with E-state index >= 15 is 0 Å². The Labute approximate surface area is 112 Å². The fourth-order valence-corrected chi connectivity index (χ4v) is 2.67. The van der Waals surface area contributed by atoms with Gasteiger partial charge < -0.3 is 4.74 Å². The summed E-state index contributed by atoms with van der Waals surface area (Å²) in [5, 5.41) is 5.41. The molecule has 0 amide bonds. The predicted molar refractivity (Wildman–Crippen MR) is 73.3 cm³/mol. The third-order valence-corrected chi connectivity index (χ3v) is 3.64. The minimum atomic E-state index is 0.0134. The highest BCUT2D eigenvalue weighted by atomic mass is 16.5. The van der Waals surface area contributed by atoms with Gasteiger partial charge in [-0.1, -0.05) is 18.2 Å². The molecule has 1 fully saturated rings. The van der Waals surface area contributed by atoms with Gasteiger partial charge in [0.2, 0.25) is 0 Å². The molecule has 2 aromatic rings. The summed E-state index contributed by atoms with van der Waals surface area (Å²) in [6.45, 7) is 3.13. The van der Waals surface area contributed by atoms with Crippen LogP contribution in [-0.4, -0.2) is 28.3 Å². The average molecular weight is 258 g/mol. The van der Waals surface area contributed by atoms with Crippen LogP contribution >= 0.6 is 0 Å². The van der Waals surface area contributed by atoms with E-state index in [1.165, 1.54) is 6.42 Å². The lowest BCUT2D eigenvalue weighted by molar-refractivity contribution is 0.00468. The van der Waals surface area contributed by atoms with Crippen LogP contribution in [0.2, 0.25) is 0 Å². The van der Waals surface area contributed by atoms with Crippen LogP contribution in [0.1, 0.15) is 36.7 Å². The zero-order valence-electron chi connectivity index (χ0n) is 11.1. The van der Waals surface area contributed by atoms with Crippen molar-refractivity contribution in [1.82, 2.24) is 9.78 Å². The second-order valence-corrected chi connectivity index (χ2v) is 5.09. The van der Waals surface area contributed by atoms with Crippen molar-refractivity contribution in [3.8, 4) is 0 Å². The average Bonchev–Trinajstić information content (AvgIpc) is 2.79. The Hall–Kier alpha value is -1.68. The van der Waals surface area contributed by atoms with Gasteiger partial charge in [-0.3, -0.25) is 9.48 Å². The van der Waals surface area contributed by atoms with Gasteiger partial charge in [0, 0.05) is 18.9 Å². The van der Waals surface area contributed by atoms with Crippen LogP contribution in [0.4, 0.5) is 0 Å². The smallest absolute Gasteiger partial charge is 0.180 e. The van der Waals surface area contributed by atoms with Gasteiger partial charge in [-0.25, -0.2) is 0 Å². The van der Waals surface area contributed by atoms with Crippen molar-refractivity contribution in [3.05, 3.63) is 30.0 Å². The van der Waals surface area contributed by atoms with E-state index in [1.54, 1.807) is 6.92 Å². The summed E-state index contributed by atoms with van der Waals surface area (Å²) < 4.78 is 7.67. The third-order valence-electron chi connectivity index (χ3n) is 3.64. The second kappa shape index (κ2) is 5.13. The van der Waals surface area contributed by atoms with E-state index in [9.17, 15) is 4.79 Å². The number of ketones is 1. The maximum atomic E-state index is 11.7. The van der Waals surface area contributed by atoms with Gasteiger partial charge in [0.15, 0.2) is 5.78 Å². The fraction of sp³-hybridized carbons (Fsp3) is 0.467. The molecule has 0 bridgehead atoms. The van der Waals surface area contributed by atoms with Gasteiger partial charge in [-0.2, -0.15) is 5.10 Å². The highest BCUT2D eigenvalue weighted by Crippen LogP contribution is 2.21. The lowest BCUT2D eigenvalue weighted by Gasteiger charge is -2.22. The van der Waals surface area contributed by atoms with Crippen LogP contribution in [0.25, 0.3) is 10.9 Å². The maximum absolute atomic E-state index is 11.7. The number of carbonyl (C=O) groups excluding carboxylic acids is 1. The van der Waals surface area contributed by atoms with Gasteiger partial charge in [0.25, 0.3) is 0 Å². The number of aromatic nitrogens is 2. The summed E-state index contributed by atoms with van der Waals surface area (Å²) in [6.07, 6.45) is 3.65. The molecule has 3 rings (SSSR count). The minimum Gasteiger partial charge on any atom is -0.376 e. The molecule has 19 heavy (non-hydrogen) atoms. The molecule has 1 aromatic carbocycles. The van der Waals surface area contributed by atoms with Gasteiger partial charge >= 0.3 is 0 Å². The molecule has 4 nitrogen and oxygen atoms in total. The molecule has 1 atom stereocenters. The van der Waals surface area contributed by atoms with Gasteiger partial charge in [-0.05, 0) is 25.3 Å². The van der Waals surface area contributed by atoms with Crippen LogP contribution in [-0.2, 0) is 11.3 Å². The number of carbonyl (C=O) groups is 1. The zero-order valence-corrected chi connectivity index (χ0v) is 11.1. The zero-order chi connectivity index (χ0) is 13.2. The number of rotatable bonds is 3. The molecular formula is C15H18N2O2. The molecule has 4 heteroatoms. The number of para-hydroxylation sites is 1. The van der Waals surface area contributed by atoms with E-state index in [-0.39, 0.29) is 11.9 Å². The first kappa shape index (κ1) is 12.4. The van der Waals surface area contributed by atoms with Crippen LogP contribution in [0, 0.1) is 0 Å². The SMILES string of the molecule is CC(=O)c1nn(CC2CCCCO2)c2ccccc12. The molecule has 1 saturated heterocycles. The van der Waals surface area contributed by atoms with Crippen molar-refractivity contribution in [2.45, 2.75) is 38.8 Å². The summed E-state index contributed by atoms with van der Waals surface area (Å²) in [4.78, 5) is 11.7. The molecule has 1 aliphatic rings. The third kappa shape index (κ3) is 2.40. The molecule has 0 saturated carbocycles. The molecule has 2 heterocycles. The van der Waals surface area contributed by atoms with Crippen LogP contribution in [0.15, 0.2) is 24.3 Å². The highest BCUT2D eigenvalue weighted by Gasteiger charge is 2.18. The first-order chi connectivity index (χ1) is 9.25. The predicted octanol–water partition coefficient (Wildman–Crippen LogP) is 2.81. The lowest BCUT2D eigenvalue weighted by Crippen LogP contribution is -2.25. The van der Waals surface area contributed by atoms with Crippen LogP contribution < -0.4 is 0 Å². The van der Waals surface area contributed by atoms with Crippen molar-refractivity contribution in [2.75, 3.05) is 6.61 Å². The summed E-state index contributed by atoms with van der Waals surface area (Å²) in [7, 11) is 0.